The standard InChI is InChI=1S/C17H18N4O4/c22-17(21-5-7-23-8-6-21)13-2-4-16(20-19-13)18-10-12-1-3-14-15(9-12)25-11-24-14/h1-4,9H,5-8,10-11H2,(H,18,20). The summed E-state index contributed by atoms with van der Waals surface area (Å²) in [6, 6.07) is 9.22. The summed E-state index contributed by atoms with van der Waals surface area (Å²) in [5, 5.41) is 11.3. The average Bonchev–Trinajstić information content (AvgIpc) is 3.15. The molecule has 130 valence electrons. The first-order valence-electron chi connectivity index (χ1n) is 8.13. The van der Waals surface area contributed by atoms with Crippen LogP contribution in [0.1, 0.15) is 16.1 Å². The Hall–Kier alpha value is -2.87. The predicted molar refractivity (Wildman–Crippen MR) is 88.6 cm³/mol. The van der Waals surface area contributed by atoms with E-state index in [1.807, 2.05) is 18.2 Å². The van der Waals surface area contributed by atoms with Gasteiger partial charge in [-0.25, -0.2) is 0 Å². The smallest absolute Gasteiger partial charge is 0.274 e. The van der Waals surface area contributed by atoms with Gasteiger partial charge >= 0.3 is 0 Å². The molecule has 1 amide bonds. The maximum atomic E-state index is 12.3. The number of fused-ring (bicyclic) bond motifs is 1. The zero-order valence-corrected chi connectivity index (χ0v) is 13.6. The van der Waals surface area contributed by atoms with Crippen LogP contribution in [0.4, 0.5) is 5.82 Å². The molecule has 0 unspecified atom stereocenters. The maximum absolute atomic E-state index is 12.3. The second kappa shape index (κ2) is 6.94. The van der Waals surface area contributed by atoms with Crippen molar-refractivity contribution in [3.8, 4) is 11.5 Å². The number of morpholine rings is 1. The van der Waals surface area contributed by atoms with Crippen LogP contribution in [0, 0.1) is 0 Å². The number of benzene rings is 1. The highest BCUT2D eigenvalue weighted by Gasteiger charge is 2.20. The lowest BCUT2D eigenvalue weighted by atomic mass is 10.2. The molecule has 0 bridgehead atoms. The number of nitrogens with one attached hydrogen (secondary N) is 1. The SMILES string of the molecule is O=C(c1ccc(NCc2ccc3c(c2)OCO3)nn1)N1CCOCC1. The Kier molecular flexibility index (Phi) is 4.34. The van der Waals surface area contributed by atoms with E-state index in [1.54, 1.807) is 17.0 Å². The molecule has 25 heavy (non-hydrogen) atoms. The van der Waals surface area contributed by atoms with E-state index in [-0.39, 0.29) is 12.7 Å². The molecule has 3 heterocycles. The Bertz CT molecular complexity index is 760. The van der Waals surface area contributed by atoms with Gasteiger partial charge in [0.1, 0.15) is 5.82 Å². The molecular weight excluding hydrogens is 324 g/mol. The number of aromatic nitrogens is 2. The Morgan fingerprint density at radius 2 is 1.92 bits per heavy atom. The lowest BCUT2D eigenvalue weighted by molar-refractivity contribution is 0.0298. The molecule has 2 aliphatic rings. The quantitative estimate of drug-likeness (QED) is 0.896. The molecule has 4 rings (SSSR count). The van der Waals surface area contributed by atoms with E-state index in [9.17, 15) is 4.79 Å². The van der Waals surface area contributed by atoms with Crippen molar-refractivity contribution in [2.45, 2.75) is 6.54 Å². The first-order valence-corrected chi connectivity index (χ1v) is 8.13. The molecule has 0 saturated carbocycles. The van der Waals surface area contributed by atoms with Crippen molar-refractivity contribution in [3.05, 3.63) is 41.6 Å². The van der Waals surface area contributed by atoms with Crippen LogP contribution in [0.5, 0.6) is 11.5 Å². The number of amides is 1. The van der Waals surface area contributed by atoms with Crippen LogP contribution in [-0.2, 0) is 11.3 Å². The molecule has 2 aliphatic heterocycles. The van der Waals surface area contributed by atoms with Crippen molar-refractivity contribution in [2.24, 2.45) is 0 Å². The predicted octanol–water partition coefficient (Wildman–Crippen LogP) is 1.29. The first-order chi connectivity index (χ1) is 12.3. The highest BCUT2D eigenvalue weighted by Crippen LogP contribution is 2.32. The molecule has 0 spiro atoms. The molecule has 1 fully saturated rings. The fourth-order valence-corrected chi connectivity index (χ4v) is 2.71. The van der Waals surface area contributed by atoms with Crippen molar-refractivity contribution in [2.75, 3.05) is 38.4 Å². The minimum atomic E-state index is -0.113. The van der Waals surface area contributed by atoms with Gasteiger partial charge in [0.05, 0.1) is 13.2 Å². The average molecular weight is 342 g/mol. The number of hydrogen-bond donors (Lipinski definition) is 1. The molecular formula is C17H18N4O4. The van der Waals surface area contributed by atoms with E-state index in [4.69, 9.17) is 14.2 Å². The van der Waals surface area contributed by atoms with Crippen molar-refractivity contribution >= 4 is 11.7 Å². The Balaban J connectivity index is 1.36. The van der Waals surface area contributed by atoms with E-state index < -0.39 is 0 Å². The zero-order valence-electron chi connectivity index (χ0n) is 13.6. The topological polar surface area (TPSA) is 85.8 Å². The molecule has 1 saturated heterocycles. The Labute approximate surface area is 144 Å². The molecule has 1 aromatic heterocycles. The molecule has 1 N–H and O–H groups in total. The van der Waals surface area contributed by atoms with Gasteiger partial charge in [0, 0.05) is 19.6 Å². The summed E-state index contributed by atoms with van der Waals surface area (Å²) in [6.07, 6.45) is 0. The lowest BCUT2D eigenvalue weighted by Crippen LogP contribution is -2.41. The molecule has 0 radical (unpaired) electrons. The number of carbonyl (C=O) groups is 1. The number of anilines is 1. The van der Waals surface area contributed by atoms with Crippen LogP contribution in [0.3, 0.4) is 0 Å². The van der Waals surface area contributed by atoms with E-state index in [0.29, 0.717) is 44.4 Å². The van der Waals surface area contributed by atoms with Gasteiger partial charge in [-0.05, 0) is 29.8 Å². The van der Waals surface area contributed by atoms with Crippen LogP contribution in [0.25, 0.3) is 0 Å². The van der Waals surface area contributed by atoms with Crippen LogP contribution in [0.15, 0.2) is 30.3 Å². The van der Waals surface area contributed by atoms with Gasteiger partial charge in [0.25, 0.3) is 5.91 Å². The second-order valence-corrected chi connectivity index (χ2v) is 5.75. The van der Waals surface area contributed by atoms with E-state index >= 15 is 0 Å². The van der Waals surface area contributed by atoms with Gasteiger partial charge in [0.2, 0.25) is 6.79 Å². The third kappa shape index (κ3) is 3.48. The molecule has 2 aromatic rings. The molecule has 8 heteroatoms. The van der Waals surface area contributed by atoms with Gasteiger partial charge in [-0.2, -0.15) is 0 Å². The third-order valence-corrected chi connectivity index (χ3v) is 4.09. The number of carbonyl (C=O) groups excluding carboxylic acids is 1. The maximum Gasteiger partial charge on any atom is 0.274 e. The monoisotopic (exact) mass is 342 g/mol. The zero-order chi connectivity index (χ0) is 17.1. The summed E-state index contributed by atoms with van der Waals surface area (Å²) in [7, 11) is 0. The Morgan fingerprint density at radius 1 is 1.08 bits per heavy atom. The van der Waals surface area contributed by atoms with Crippen LogP contribution in [-0.4, -0.2) is 54.1 Å². The van der Waals surface area contributed by atoms with Crippen molar-refractivity contribution in [3.63, 3.8) is 0 Å². The number of ether oxygens (including phenoxy) is 3. The van der Waals surface area contributed by atoms with Gasteiger partial charge in [-0.3, -0.25) is 4.79 Å². The van der Waals surface area contributed by atoms with Crippen molar-refractivity contribution in [1.82, 2.24) is 15.1 Å². The molecule has 0 aliphatic carbocycles. The molecule has 8 nitrogen and oxygen atoms in total. The third-order valence-electron chi connectivity index (χ3n) is 4.09. The van der Waals surface area contributed by atoms with E-state index in [2.05, 4.69) is 15.5 Å². The fourth-order valence-electron chi connectivity index (χ4n) is 2.71. The first kappa shape index (κ1) is 15.6. The van der Waals surface area contributed by atoms with Crippen LogP contribution < -0.4 is 14.8 Å². The van der Waals surface area contributed by atoms with Crippen LogP contribution in [0.2, 0.25) is 0 Å². The fraction of sp³-hybridized carbons (Fsp3) is 0.353. The minimum absolute atomic E-state index is 0.113. The summed E-state index contributed by atoms with van der Waals surface area (Å²) >= 11 is 0. The molecule has 1 aromatic carbocycles. The summed E-state index contributed by atoms with van der Waals surface area (Å²) in [5.74, 6) is 2.00. The summed E-state index contributed by atoms with van der Waals surface area (Å²) < 4.78 is 15.9. The second-order valence-electron chi connectivity index (χ2n) is 5.75. The summed E-state index contributed by atoms with van der Waals surface area (Å²) in [4.78, 5) is 14.0. The normalized spacial score (nSPS) is 15.9. The highest BCUT2D eigenvalue weighted by atomic mass is 16.7. The number of hydrogen-bond acceptors (Lipinski definition) is 7. The van der Waals surface area contributed by atoms with Gasteiger partial charge in [-0.15, -0.1) is 10.2 Å². The van der Waals surface area contributed by atoms with E-state index in [0.717, 1.165) is 17.1 Å². The molecule has 0 atom stereocenters. The van der Waals surface area contributed by atoms with Gasteiger partial charge in [0.15, 0.2) is 17.2 Å². The lowest BCUT2D eigenvalue weighted by Gasteiger charge is -2.26. The summed E-state index contributed by atoms with van der Waals surface area (Å²) in [6.45, 7) is 3.14. The van der Waals surface area contributed by atoms with Crippen molar-refractivity contribution < 1.29 is 19.0 Å². The van der Waals surface area contributed by atoms with Crippen molar-refractivity contribution in [1.29, 1.82) is 0 Å². The largest absolute Gasteiger partial charge is 0.454 e. The minimum Gasteiger partial charge on any atom is -0.454 e. The Morgan fingerprint density at radius 3 is 2.72 bits per heavy atom. The number of nitrogens with zero attached hydrogens (tertiary/aromatic N) is 3. The van der Waals surface area contributed by atoms with E-state index in [1.165, 1.54) is 0 Å². The van der Waals surface area contributed by atoms with Gasteiger partial charge in [-0.1, -0.05) is 6.07 Å². The summed E-state index contributed by atoms with van der Waals surface area (Å²) in [5.41, 5.74) is 1.38. The van der Waals surface area contributed by atoms with Crippen LogP contribution >= 0.6 is 0 Å². The highest BCUT2D eigenvalue weighted by molar-refractivity contribution is 5.92. The number of rotatable bonds is 4. The van der Waals surface area contributed by atoms with Gasteiger partial charge < -0.3 is 24.4 Å².